The number of thiocarbonyl (C=S) groups is 1. The molecule has 4 atom stereocenters. The van der Waals surface area contributed by atoms with Crippen LogP contribution in [0.2, 0.25) is 0 Å². The van der Waals surface area contributed by atoms with E-state index in [9.17, 15) is 20.4 Å². The molecule has 0 aromatic carbocycles. The van der Waals surface area contributed by atoms with Crippen LogP contribution in [0.4, 0.5) is 0 Å². The molecule has 0 aromatic rings. The summed E-state index contributed by atoms with van der Waals surface area (Å²) < 4.78 is -1.97. The Hall–Kier alpha value is 0.340. The molecule has 17 heavy (non-hydrogen) atoms. The SMILES string of the molecule is OC(=CC(Cl)(Cl)Cl)[C@@H](O)[C@@H](O)[C@H](O)[C@@H](O)C=S. The zero-order valence-corrected chi connectivity index (χ0v) is 11.3. The number of allylic oxidation sites excluding steroid dienone is 1. The van der Waals surface area contributed by atoms with Crippen LogP contribution in [0.1, 0.15) is 0 Å². The Labute approximate surface area is 118 Å². The van der Waals surface area contributed by atoms with Gasteiger partial charge in [-0.05, 0) is 0 Å². The first-order valence-electron chi connectivity index (χ1n) is 4.26. The third-order valence-electron chi connectivity index (χ3n) is 1.78. The zero-order chi connectivity index (χ0) is 13.8. The standard InChI is InChI=1S/C8H11Cl3O5S/c9-8(10,11)1-3(12)5(14)7(16)6(15)4(13)2-17/h1-2,4-7,12-16H/t4-,5+,6+,7+/m0/s1. The summed E-state index contributed by atoms with van der Waals surface area (Å²) in [5.74, 6) is -0.854. The highest BCUT2D eigenvalue weighted by Gasteiger charge is 2.32. The maximum Gasteiger partial charge on any atom is 0.212 e. The quantitative estimate of drug-likeness (QED) is 0.282. The molecule has 0 saturated carbocycles. The molecule has 5 nitrogen and oxygen atoms in total. The van der Waals surface area contributed by atoms with Crippen molar-refractivity contribution >= 4 is 52.4 Å². The Bertz CT molecular complexity index is 293. The smallest absolute Gasteiger partial charge is 0.212 e. The number of hydrogen-bond acceptors (Lipinski definition) is 6. The van der Waals surface area contributed by atoms with Crippen molar-refractivity contribution in [1.29, 1.82) is 0 Å². The lowest BCUT2D eigenvalue weighted by Crippen LogP contribution is -2.45. The van der Waals surface area contributed by atoms with E-state index in [2.05, 4.69) is 12.2 Å². The lowest BCUT2D eigenvalue weighted by Gasteiger charge is -2.24. The maximum atomic E-state index is 9.40. The Balaban J connectivity index is 4.76. The second-order valence-corrected chi connectivity index (χ2v) is 5.80. The van der Waals surface area contributed by atoms with E-state index in [1.165, 1.54) is 0 Å². The van der Waals surface area contributed by atoms with E-state index in [-0.39, 0.29) is 0 Å². The van der Waals surface area contributed by atoms with E-state index < -0.39 is 34.0 Å². The van der Waals surface area contributed by atoms with Crippen LogP contribution in [0.5, 0.6) is 0 Å². The van der Waals surface area contributed by atoms with Crippen LogP contribution in [-0.2, 0) is 0 Å². The van der Waals surface area contributed by atoms with Crippen LogP contribution in [0, 0.1) is 0 Å². The minimum atomic E-state index is -1.97. The lowest BCUT2D eigenvalue weighted by molar-refractivity contribution is -0.0853. The number of rotatable bonds is 5. The van der Waals surface area contributed by atoms with Crippen LogP contribution < -0.4 is 0 Å². The first-order chi connectivity index (χ1) is 7.60. The first-order valence-corrected chi connectivity index (χ1v) is 5.86. The van der Waals surface area contributed by atoms with Crippen molar-refractivity contribution < 1.29 is 25.5 Å². The van der Waals surface area contributed by atoms with Gasteiger partial charge in [-0.2, -0.15) is 0 Å². The molecule has 0 unspecified atom stereocenters. The Morgan fingerprint density at radius 2 is 1.53 bits per heavy atom. The fraction of sp³-hybridized carbons (Fsp3) is 0.625. The summed E-state index contributed by atoms with van der Waals surface area (Å²) in [6.45, 7) is 0. The van der Waals surface area contributed by atoms with Crippen LogP contribution in [0.25, 0.3) is 0 Å². The molecular weight excluding hydrogens is 315 g/mol. The topological polar surface area (TPSA) is 101 Å². The first kappa shape index (κ1) is 17.3. The fourth-order valence-corrected chi connectivity index (χ4v) is 1.39. The number of halogens is 3. The molecular formula is C8H11Cl3O5S. The molecule has 0 spiro atoms. The van der Waals surface area contributed by atoms with Gasteiger partial charge in [0.15, 0.2) is 0 Å². The van der Waals surface area contributed by atoms with Crippen LogP contribution in [0.15, 0.2) is 11.8 Å². The van der Waals surface area contributed by atoms with Gasteiger partial charge in [-0.1, -0.05) is 47.0 Å². The summed E-state index contributed by atoms with van der Waals surface area (Å²) in [4.78, 5) is 0. The third kappa shape index (κ3) is 6.17. The van der Waals surface area contributed by atoms with Crippen molar-refractivity contribution in [3.63, 3.8) is 0 Å². The Kier molecular flexibility index (Phi) is 7.20. The summed E-state index contributed by atoms with van der Waals surface area (Å²) >= 11 is 20.3. The van der Waals surface area contributed by atoms with Crippen LogP contribution in [-0.4, -0.2) is 59.1 Å². The zero-order valence-electron chi connectivity index (χ0n) is 8.24. The lowest BCUT2D eigenvalue weighted by atomic mass is 10.0. The number of hydrogen-bond donors (Lipinski definition) is 5. The molecule has 5 N–H and O–H groups in total. The maximum absolute atomic E-state index is 9.40. The Morgan fingerprint density at radius 1 is 1.06 bits per heavy atom. The van der Waals surface area contributed by atoms with Gasteiger partial charge in [0.2, 0.25) is 3.79 Å². The van der Waals surface area contributed by atoms with Gasteiger partial charge in [0, 0.05) is 11.4 Å². The van der Waals surface area contributed by atoms with Gasteiger partial charge in [-0.15, -0.1) is 0 Å². The van der Waals surface area contributed by atoms with Crippen molar-refractivity contribution in [3.05, 3.63) is 11.8 Å². The normalized spacial score (nSPS) is 20.5. The largest absolute Gasteiger partial charge is 0.510 e. The van der Waals surface area contributed by atoms with E-state index in [1.54, 1.807) is 0 Å². The van der Waals surface area contributed by atoms with E-state index in [4.69, 9.17) is 39.9 Å². The predicted molar refractivity (Wildman–Crippen MR) is 68.7 cm³/mol. The van der Waals surface area contributed by atoms with E-state index in [1.807, 2.05) is 0 Å². The molecule has 9 heteroatoms. The van der Waals surface area contributed by atoms with Crippen molar-refractivity contribution in [3.8, 4) is 0 Å². The highest BCUT2D eigenvalue weighted by molar-refractivity contribution is 7.79. The minimum absolute atomic E-state index is 0.655. The second-order valence-electron chi connectivity index (χ2n) is 3.16. The molecule has 100 valence electrons. The number of alkyl halides is 3. The average Bonchev–Trinajstić information content (AvgIpc) is 2.22. The van der Waals surface area contributed by atoms with Gasteiger partial charge in [-0.3, -0.25) is 0 Å². The number of aliphatic hydroxyl groups excluding tert-OH is 5. The summed E-state index contributed by atoms with van der Waals surface area (Å²) in [6, 6.07) is 0. The minimum Gasteiger partial charge on any atom is -0.510 e. The average molecular weight is 326 g/mol. The van der Waals surface area contributed by atoms with Gasteiger partial charge in [0.1, 0.15) is 30.2 Å². The monoisotopic (exact) mass is 324 g/mol. The summed E-state index contributed by atoms with van der Waals surface area (Å²) in [5.41, 5.74) is 0. The van der Waals surface area contributed by atoms with Crippen molar-refractivity contribution in [2.45, 2.75) is 28.2 Å². The molecule has 0 aliphatic carbocycles. The highest BCUT2D eigenvalue weighted by Crippen LogP contribution is 2.29. The summed E-state index contributed by atoms with van der Waals surface area (Å²) in [7, 11) is 0. The van der Waals surface area contributed by atoms with Gasteiger partial charge < -0.3 is 25.5 Å². The van der Waals surface area contributed by atoms with E-state index in [0.29, 0.717) is 6.08 Å². The van der Waals surface area contributed by atoms with Crippen LogP contribution >= 0.6 is 47.0 Å². The molecule has 0 amide bonds. The molecule has 0 aliphatic rings. The van der Waals surface area contributed by atoms with Crippen molar-refractivity contribution in [2.24, 2.45) is 0 Å². The molecule has 0 heterocycles. The third-order valence-corrected chi connectivity index (χ3v) is 2.38. The van der Waals surface area contributed by atoms with E-state index >= 15 is 0 Å². The molecule has 0 fully saturated rings. The van der Waals surface area contributed by atoms with Gasteiger partial charge >= 0.3 is 0 Å². The molecule has 0 radical (unpaired) electrons. The van der Waals surface area contributed by atoms with Crippen LogP contribution in [0.3, 0.4) is 0 Å². The highest BCUT2D eigenvalue weighted by atomic mass is 35.6. The summed E-state index contributed by atoms with van der Waals surface area (Å²) in [5, 5.41) is 47.3. The molecule has 0 saturated heterocycles. The number of aliphatic hydroxyl groups is 5. The molecule has 0 bridgehead atoms. The fourth-order valence-electron chi connectivity index (χ4n) is 0.897. The van der Waals surface area contributed by atoms with Crippen molar-refractivity contribution in [1.82, 2.24) is 0 Å². The molecule has 0 aromatic heterocycles. The van der Waals surface area contributed by atoms with Crippen molar-refractivity contribution in [2.75, 3.05) is 0 Å². The molecule has 0 aliphatic heterocycles. The van der Waals surface area contributed by atoms with Gasteiger partial charge in [0.25, 0.3) is 0 Å². The predicted octanol–water partition coefficient (Wildman–Crippen LogP) is 0.242. The molecule has 0 rings (SSSR count). The van der Waals surface area contributed by atoms with Gasteiger partial charge in [0.05, 0.1) is 0 Å². The Morgan fingerprint density at radius 3 is 1.88 bits per heavy atom. The van der Waals surface area contributed by atoms with Gasteiger partial charge in [-0.25, -0.2) is 0 Å². The second kappa shape index (κ2) is 7.06. The summed E-state index contributed by atoms with van der Waals surface area (Å²) in [6.07, 6.45) is -6.50. The van der Waals surface area contributed by atoms with E-state index in [0.717, 1.165) is 5.37 Å².